The van der Waals surface area contributed by atoms with Crippen LogP contribution in [-0.2, 0) is 22.6 Å². The molecule has 0 amide bonds. The average Bonchev–Trinajstić information content (AvgIpc) is 3.00. The molecular weight excluding hydrogens is 372 g/mol. The molecule has 0 saturated carbocycles. The Kier molecular flexibility index (Phi) is 6.01. The summed E-state index contributed by atoms with van der Waals surface area (Å²) in [6.07, 6.45) is 1.67. The smallest absolute Gasteiger partial charge is 0.308 e. The lowest BCUT2D eigenvalue weighted by molar-refractivity contribution is -0.142. The van der Waals surface area contributed by atoms with Crippen LogP contribution in [0, 0.1) is 13.8 Å². The zero-order valence-corrected chi connectivity index (χ0v) is 16.4. The molecule has 0 unspecified atom stereocenters. The Balaban J connectivity index is 1.59. The van der Waals surface area contributed by atoms with Gasteiger partial charge in [-0.2, -0.15) is 0 Å². The van der Waals surface area contributed by atoms with E-state index in [0.29, 0.717) is 23.0 Å². The molecule has 29 heavy (non-hydrogen) atoms. The fraction of sp³-hybridized carbons (Fsp3) is 0.286. The molecule has 0 atom stereocenters. The van der Waals surface area contributed by atoms with Crippen LogP contribution in [0.2, 0.25) is 0 Å². The molecule has 0 aliphatic heterocycles. The molecule has 0 N–H and O–H groups in total. The van der Waals surface area contributed by atoms with Crippen molar-refractivity contribution in [2.24, 2.45) is 0 Å². The van der Waals surface area contributed by atoms with Crippen LogP contribution in [0.1, 0.15) is 28.2 Å². The molecule has 8 nitrogen and oxygen atoms in total. The number of ether oxygens (including phenoxy) is 1. The molecule has 0 saturated heterocycles. The van der Waals surface area contributed by atoms with E-state index in [-0.39, 0.29) is 30.9 Å². The van der Waals surface area contributed by atoms with Gasteiger partial charge in [0.25, 0.3) is 5.56 Å². The van der Waals surface area contributed by atoms with Gasteiger partial charge in [-0.15, -0.1) is 11.7 Å². The number of Topliss-reactive ketones (excluding diaryl/α,β-unsaturated/α-hetero) is 1. The van der Waals surface area contributed by atoms with E-state index in [1.807, 2.05) is 18.4 Å². The van der Waals surface area contributed by atoms with Crippen molar-refractivity contribution in [3.05, 3.63) is 70.3 Å². The van der Waals surface area contributed by atoms with Gasteiger partial charge in [-0.3, -0.25) is 14.4 Å². The van der Waals surface area contributed by atoms with Crippen LogP contribution in [0.4, 0.5) is 0 Å². The van der Waals surface area contributed by atoms with Gasteiger partial charge in [0, 0.05) is 23.5 Å². The molecule has 0 fully saturated rings. The number of benzene rings is 1. The van der Waals surface area contributed by atoms with Gasteiger partial charge in [-0.1, -0.05) is 23.4 Å². The summed E-state index contributed by atoms with van der Waals surface area (Å²) in [6, 6.07) is 8.63. The van der Waals surface area contributed by atoms with Crippen LogP contribution in [0.25, 0.3) is 10.9 Å². The molecular formula is C21H22N4O4. The molecule has 1 aromatic carbocycles. The maximum absolute atomic E-state index is 12.4. The Labute approximate surface area is 167 Å². The predicted molar refractivity (Wildman–Crippen MR) is 108 cm³/mol. The topological polar surface area (TPSA) is 96.1 Å². The third-order valence-electron chi connectivity index (χ3n) is 4.71. The fourth-order valence-corrected chi connectivity index (χ4v) is 3.16. The molecule has 0 bridgehead atoms. The van der Waals surface area contributed by atoms with Gasteiger partial charge < -0.3 is 9.30 Å². The molecule has 3 aromatic rings. The Morgan fingerprint density at radius 1 is 1.24 bits per heavy atom. The Morgan fingerprint density at radius 3 is 2.76 bits per heavy atom. The Hall–Kier alpha value is -3.55. The van der Waals surface area contributed by atoms with Crippen LogP contribution in [0.3, 0.4) is 0 Å². The van der Waals surface area contributed by atoms with Gasteiger partial charge in [0.2, 0.25) is 5.78 Å². The number of hydrogen-bond donors (Lipinski definition) is 0. The molecule has 8 heteroatoms. The summed E-state index contributed by atoms with van der Waals surface area (Å²) in [5, 5.41) is 8.23. The molecule has 0 aliphatic rings. The molecule has 0 aliphatic carbocycles. The zero-order chi connectivity index (χ0) is 21.0. The molecule has 150 valence electrons. The van der Waals surface area contributed by atoms with Crippen molar-refractivity contribution in [1.29, 1.82) is 0 Å². The van der Waals surface area contributed by atoms with Crippen molar-refractivity contribution in [3.63, 3.8) is 0 Å². The van der Waals surface area contributed by atoms with Gasteiger partial charge in [0.05, 0.1) is 18.4 Å². The first-order chi connectivity index (χ1) is 13.9. The van der Waals surface area contributed by atoms with Crippen LogP contribution >= 0.6 is 0 Å². The first kappa shape index (κ1) is 20.2. The number of aryl methyl sites for hydroxylation is 2. The highest BCUT2D eigenvalue weighted by molar-refractivity contribution is 5.99. The average molecular weight is 394 g/mol. The van der Waals surface area contributed by atoms with E-state index < -0.39 is 5.97 Å². The Morgan fingerprint density at radius 2 is 2.00 bits per heavy atom. The van der Waals surface area contributed by atoms with Crippen molar-refractivity contribution in [1.82, 2.24) is 19.6 Å². The standard InChI is InChI=1S/C21H22N4O4/c1-4-10-24-14(2)12-17(15(24)3)19(26)13-29-20(27)9-11-25-21(28)16-7-5-6-8-18(16)22-23-25/h4-8,12H,1,9-11,13H2,2-3H3. The maximum Gasteiger partial charge on any atom is 0.308 e. The van der Waals surface area contributed by atoms with Gasteiger partial charge in [0.15, 0.2) is 6.61 Å². The molecule has 3 rings (SSSR count). The number of rotatable bonds is 8. The van der Waals surface area contributed by atoms with Crippen LogP contribution < -0.4 is 5.56 Å². The lowest BCUT2D eigenvalue weighted by Gasteiger charge is -2.07. The van der Waals surface area contributed by atoms with Crippen molar-refractivity contribution < 1.29 is 14.3 Å². The van der Waals surface area contributed by atoms with Crippen molar-refractivity contribution in [2.45, 2.75) is 33.4 Å². The van der Waals surface area contributed by atoms with Gasteiger partial charge >= 0.3 is 5.97 Å². The lowest BCUT2D eigenvalue weighted by atomic mass is 10.1. The number of allylic oxidation sites excluding steroid dienone is 1. The number of aromatic nitrogens is 4. The number of carbonyl (C=O) groups is 2. The van der Waals surface area contributed by atoms with E-state index in [2.05, 4.69) is 16.9 Å². The van der Waals surface area contributed by atoms with E-state index >= 15 is 0 Å². The van der Waals surface area contributed by atoms with E-state index in [4.69, 9.17) is 4.74 Å². The maximum atomic E-state index is 12.4. The minimum Gasteiger partial charge on any atom is -0.457 e. The second-order valence-corrected chi connectivity index (χ2v) is 6.65. The summed E-state index contributed by atoms with van der Waals surface area (Å²) in [5.74, 6) is -0.857. The monoisotopic (exact) mass is 394 g/mol. The van der Waals surface area contributed by atoms with E-state index in [1.165, 1.54) is 0 Å². The minimum atomic E-state index is -0.583. The number of ketones is 1. The second kappa shape index (κ2) is 8.64. The summed E-state index contributed by atoms with van der Waals surface area (Å²) < 4.78 is 8.17. The SMILES string of the molecule is C=CCn1c(C)cc(C(=O)COC(=O)CCn2nnc3ccccc3c2=O)c1C. The van der Waals surface area contributed by atoms with Crippen LogP contribution in [0.15, 0.2) is 47.8 Å². The summed E-state index contributed by atoms with van der Waals surface area (Å²) in [4.78, 5) is 36.8. The lowest BCUT2D eigenvalue weighted by Crippen LogP contribution is -2.26. The Bertz CT molecular complexity index is 1140. The van der Waals surface area contributed by atoms with Crippen LogP contribution in [0.5, 0.6) is 0 Å². The quantitative estimate of drug-likeness (QED) is 0.330. The molecule has 2 aromatic heterocycles. The zero-order valence-electron chi connectivity index (χ0n) is 16.4. The summed E-state index contributed by atoms with van der Waals surface area (Å²) in [6.45, 7) is 7.74. The largest absolute Gasteiger partial charge is 0.457 e. The summed E-state index contributed by atoms with van der Waals surface area (Å²) in [7, 11) is 0. The highest BCUT2D eigenvalue weighted by Gasteiger charge is 2.17. The fourth-order valence-electron chi connectivity index (χ4n) is 3.16. The van der Waals surface area contributed by atoms with Gasteiger partial charge in [-0.05, 0) is 32.0 Å². The molecule has 0 spiro atoms. The van der Waals surface area contributed by atoms with Gasteiger partial charge in [0.1, 0.15) is 5.52 Å². The number of nitrogens with zero attached hydrogens (tertiary/aromatic N) is 4. The minimum absolute atomic E-state index is 0.0253. The number of hydrogen-bond acceptors (Lipinski definition) is 6. The highest BCUT2D eigenvalue weighted by Crippen LogP contribution is 2.16. The summed E-state index contributed by atoms with van der Waals surface area (Å²) in [5.41, 5.74) is 2.44. The van der Waals surface area contributed by atoms with E-state index in [0.717, 1.165) is 16.1 Å². The van der Waals surface area contributed by atoms with Crippen molar-refractivity contribution >= 4 is 22.7 Å². The second-order valence-electron chi connectivity index (χ2n) is 6.65. The molecule has 2 heterocycles. The van der Waals surface area contributed by atoms with E-state index in [9.17, 15) is 14.4 Å². The number of fused-ring (bicyclic) bond motifs is 1. The number of carbonyl (C=O) groups excluding carboxylic acids is 2. The first-order valence-electron chi connectivity index (χ1n) is 9.21. The molecule has 0 radical (unpaired) electrons. The number of esters is 1. The van der Waals surface area contributed by atoms with Crippen molar-refractivity contribution in [3.8, 4) is 0 Å². The van der Waals surface area contributed by atoms with Gasteiger partial charge in [-0.25, -0.2) is 4.68 Å². The van der Waals surface area contributed by atoms with Crippen molar-refractivity contribution in [2.75, 3.05) is 6.61 Å². The predicted octanol–water partition coefficient (Wildman–Crippen LogP) is 2.21. The third-order valence-corrected chi connectivity index (χ3v) is 4.71. The third kappa shape index (κ3) is 4.31. The van der Waals surface area contributed by atoms with E-state index in [1.54, 1.807) is 36.4 Å². The van der Waals surface area contributed by atoms with Crippen LogP contribution in [-0.4, -0.2) is 37.9 Å². The first-order valence-corrected chi connectivity index (χ1v) is 9.21. The normalized spacial score (nSPS) is 10.8. The highest BCUT2D eigenvalue weighted by atomic mass is 16.5. The summed E-state index contributed by atoms with van der Waals surface area (Å²) >= 11 is 0.